The number of aromatic nitrogens is 2. The zero-order valence-electron chi connectivity index (χ0n) is 6.29. The number of carbonyl (C=O) groups excluding carboxylic acids is 1. The van der Waals surface area contributed by atoms with Crippen LogP contribution in [0.15, 0.2) is 6.20 Å². The van der Waals surface area contributed by atoms with Gasteiger partial charge in [0.1, 0.15) is 5.82 Å². The van der Waals surface area contributed by atoms with Gasteiger partial charge in [0.05, 0.1) is 6.20 Å². The van der Waals surface area contributed by atoms with E-state index in [2.05, 4.69) is 15.5 Å². The summed E-state index contributed by atoms with van der Waals surface area (Å²) in [6, 6.07) is 0. The highest BCUT2D eigenvalue weighted by Gasteiger charge is 2.01. The van der Waals surface area contributed by atoms with E-state index in [0.717, 1.165) is 5.56 Å². The number of nitrogens with two attached hydrogens (primary N) is 1. The van der Waals surface area contributed by atoms with Crippen molar-refractivity contribution in [3.05, 3.63) is 11.8 Å². The van der Waals surface area contributed by atoms with Gasteiger partial charge in [-0.1, -0.05) is 0 Å². The van der Waals surface area contributed by atoms with Crippen molar-refractivity contribution < 1.29 is 4.79 Å². The van der Waals surface area contributed by atoms with Crippen LogP contribution in [0.4, 0.5) is 5.82 Å². The van der Waals surface area contributed by atoms with Gasteiger partial charge in [-0.25, -0.2) is 0 Å². The molecule has 1 heterocycles. The van der Waals surface area contributed by atoms with Crippen molar-refractivity contribution in [2.75, 3.05) is 5.73 Å². The molecule has 1 rings (SSSR count). The summed E-state index contributed by atoms with van der Waals surface area (Å²) in [4.78, 5) is 10.6. The molecule has 1 amide bonds. The quantitative estimate of drug-likeness (QED) is 0.502. The highest BCUT2D eigenvalue weighted by atomic mass is 16.1. The zero-order valence-corrected chi connectivity index (χ0v) is 6.29. The Hall–Kier alpha value is -1.96. The predicted molar refractivity (Wildman–Crippen MR) is 43.7 cm³/mol. The molecule has 0 saturated carbocycles. The fraction of sp³-hybridized carbons (Fsp3) is 0.143. The van der Waals surface area contributed by atoms with E-state index in [1.807, 2.05) is 5.92 Å². The van der Waals surface area contributed by atoms with Crippen LogP contribution in [-0.4, -0.2) is 16.1 Å². The molecule has 0 radical (unpaired) electrons. The number of aromatic amines is 1. The lowest BCUT2D eigenvalue weighted by Crippen LogP contribution is -2.20. The van der Waals surface area contributed by atoms with Crippen LogP contribution in [0.5, 0.6) is 0 Å². The van der Waals surface area contributed by atoms with Gasteiger partial charge in [-0.2, -0.15) is 5.10 Å². The van der Waals surface area contributed by atoms with Crippen LogP contribution in [-0.2, 0) is 11.3 Å². The van der Waals surface area contributed by atoms with Gasteiger partial charge in [0.2, 0.25) is 0 Å². The second-order valence-corrected chi connectivity index (χ2v) is 2.14. The van der Waals surface area contributed by atoms with Crippen LogP contribution < -0.4 is 11.1 Å². The molecule has 0 spiro atoms. The van der Waals surface area contributed by atoms with Gasteiger partial charge in [-0.15, -0.1) is 6.42 Å². The monoisotopic (exact) mass is 164 g/mol. The zero-order chi connectivity index (χ0) is 8.97. The normalized spacial score (nSPS) is 8.92. The first-order chi connectivity index (χ1) is 5.74. The van der Waals surface area contributed by atoms with Gasteiger partial charge in [0.25, 0.3) is 5.91 Å². The third-order valence-electron chi connectivity index (χ3n) is 1.32. The lowest BCUT2D eigenvalue weighted by molar-refractivity contribution is -0.115. The summed E-state index contributed by atoms with van der Waals surface area (Å²) < 4.78 is 0. The number of rotatable bonds is 2. The molecule has 1 aromatic heterocycles. The minimum Gasteiger partial charge on any atom is -0.384 e. The van der Waals surface area contributed by atoms with Gasteiger partial charge >= 0.3 is 0 Å². The van der Waals surface area contributed by atoms with Crippen molar-refractivity contribution in [1.29, 1.82) is 0 Å². The predicted octanol–water partition coefficient (Wildman–Crippen LogP) is -0.759. The van der Waals surface area contributed by atoms with Crippen molar-refractivity contribution in [3.63, 3.8) is 0 Å². The number of amides is 1. The molecule has 62 valence electrons. The van der Waals surface area contributed by atoms with E-state index >= 15 is 0 Å². The van der Waals surface area contributed by atoms with Crippen molar-refractivity contribution in [2.45, 2.75) is 6.54 Å². The van der Waals surface area contributed by atoms with Crippen LogP contribution in [0.25, 0.3) is 0 Å². The second-order valence-electron chi connectivity index (χ2n) is 2.14. The van der Waals surface area contributed by atoms with Crippen molar-refractivity contribution in [2.24, 2.45) is 0 Å². The molecule has 0 aliphatic rings. The van der Waals surface area contributed by atoms with Crippen LogP contribution in [0.1, 0.15) is 5.56 Å². The molecule has 0 unspecified atom stereocenters. The van der Waals surface area contributed by atoms with Crippen molar-refractivity contribution in [1.82, 2.24) is 15.5 Å². The highest BCUT2D eigenvalue weighted by Crippen LogP contribution is 2.03. The van der Waals surface area contributed by atoms with Crippen molar-refractivity contribution in [3.8, 4) is 12.3 Å². The molecule has 0 bridgehead atoms. The van der Waals surface area contributed by atoms with Crippen LogP contribution in [0, 0.1) is 12.3 Å². The molecule has 0 saturated heterocycles. The Bertz CT molecular complexity index is 322. The molecule has 0 fully saturated rings. The summed E-state index contributed by atoms with van der Waals surface area (Å²) in [5, 5.41) is 8.67. The van der Waals surface area contributed by atoms with Gasteiger partial charge in [0.15, 0.2) is 0 Å². The summed E-state index contributed by atoms with van der Waals surface area (Å²) in [6.45, 7) is 0.297. The van der Waals surface area contributed by atoms with Gasteiger partial charge in [-0.05, 0) is 5.92 Å². The Labute approximate surface area is 69.3 Å². The number of carbonyl (C=O) groups is 1. The lowest BCUT2D eigenvalue weighted by Gasteiger charge is -1.97. The molecule has 0 aliphatic heterocycles. The van der Waals surface area contributed by atoms with E-state index < -0.39 is 5.91 Å². The van der Waals surface area contributed by atoms with E-state index in [0.29, 0.717) is 12.4 Å². The molecule has 4 N–H and O–H groups in total. The number of nitrogens with one attached hydrogen (secondary N) is 2. The summed E-state index contributed by atoms with van der Waals surface area (Å²) in [5.74, 6) is 1.90. The Balaban J connectivity index is 2.50. The summed E-state index contributed by atoms with van der Waals surface area (Å²) in [6.07, 6.45) is 6.37. The molecule has 0 atom stereocenters. The SMILES string of the molecule is C#CC(=O)NCc1cn[nH]c1N. The third-order valence-corrected chi connectivity index (χ3v) is 1.32. The molecule has 0 aliphatic carbocycles. The number of nitrogens with zero attached hydrogens (tertiary/aromatic N) is 1. The molecule has 12 heavy (non-hydrogen) atoms. The summed E-state index contributed by atoms with van der Waals surface area (Å²) in [7, 11) is 0. The first-order valence-electron chi connectivity index (χ1n) is 3.26. The average Bonchev–Trinajstić information content (AvgIpc) is 2.47. The van der Waals surface area contributed by atoms with Crippen LogP contribution in [0.2, 0.25) is 0 Å². The number of H-pyrrole nitrogens is 1. The van der Waals surface area contributed by atoms with E-state index in [1.165, 1.54) is 6.20 Å². The largest absolute Gasteiger partial charge is 0.384 e. The molecule has 1 aromatic rings. The minimum absolute atomic E-state index is 0.297. The summed E-state index contributed by atoms with van der Waals surface area (Å²) >= 11 is 0. The molecule has 5 nitrogen and oxygen atoms in total. The maximum Gasteiger partial charge on any atom is 0.295 e. The van der Waals surface area contributed by atoms with Gasteiger partial charge in [-0.3, -0.25) is 9.89 Å². The smallest absolute Gasteiger partial charge is 0.295 e. The second kappa shape index (κ2) is 3.44. The molecule has 5 heteroatoms. The van der Waals surface area contributed by atoms with Gasteiger partial charge < -0.3 is 11.1 Å². The van der Waals surface area contributed by atoms with E-state index in [4.69, 9.17) is 12.2 Å². The van der Waals surface area contributed by atoms with Crippen LogP contribution in [0.3, 0.4) is 0 Å². The maximum absolute atomic E-state index is 10.6. The number of nitrogen functional groups attached to an aromatic ring is 1. The fourth-order valence-corrected chi connectivity index (χ4v) is 0.688. The Morgan fingerprint density at radius 2 is 2.67 bits per heavy atom. The van der Waals surface area contributed by atoms with E-state index in [-0.39, 0.29) is 0 Å². The Morgan fingerprint density at radius 1 is 1.92 bits per heavy atom. The Morgan fingerprint density at radius 3 is 3.17 bits per heavy atom. The third kappa shape index (κ3) is 1.76. The lowest BCUT2D eigenvalue weighted by atomic mass is 10.3. The van der Waals surface area contributed by atoms with E-state index in [9.17, 15) is 4.79 Å². The summed E-state index contributed by atoms with van der Waals surface area (Å²) in [5.41, 5.74) is 6.17. The van der Waals surface area contributed by atoms with Crippen molar-refractivity contribution >= 4 is 11.7 Å². The first-order valence-corrected chi connectivity index (χ1v) is 3.26. The maximum atomic E-state index is 10.6. The number of anilines is 1. The minimum atomic E-state index is -0.462. The number of hydrogen-bond donors (Lipinski definition) is 3. The topological polar surface area (TPSA) is 83.8 Å². The first kappa shape index (κ1) is 8.14. The molecule has 0 aromatic carbocycles. The van der Waals surface area contributed by atoms with E-state index in [1.54, 1.807) is 0 Å². The standard InChI is InChI=1S/C7H8N4O/c1-2-6(12)9-3-5-4-10-11-7(5)8/h1,4H,3H2,(H,9,12)(H3,8,10,11). The van der Waals surface area contributed by atoms with Crippen LogP contribution >= 0.6 is 0 Å². The highest BCUT2D eigenvalue weighted by molar-refractivity contribution is 5.92. The molecular formula is C7H8N4O. The van der Waals surface area contributed by atoms with Gasteiger partial charge in [0, 0.05) is 12.1 Å². The average molecular weight is 164 g/mol. The molecular weight excluding hydrogens is 156 g/mol. The number of hydrogen-bond acceptors (Lipinski definition) is 3. The number of terminal acetylenes is 1. The fourth-order valence-electron chi connectivity index (χ4n) is 0.688. The Kier molecular flexibility index (Phi) is 2.33.